The Balaban J connectivity index is 1.66. The van der Waals surface area contributed by atoms with Gasteiger partial charge in [0.05, 0.1) is 7.11 Å². The Morgan fingerprint density at radius 2 is 1.57 bits per heavy atom. The second-order valence-electron chi connectivity index (χ2n) is 5.86. The SMILES string of the molecule is COc1ccccc1C(=O)Oc1ccc(C(=O)C=Cc2ccc(Cl)cc2)cc1. The van der Waals surface area contributed by atoms with E-state index in [-0.39, 0.29) is 5.78 Å². The fourth-order valence-corrected chi connectivity index (χ4v) is 2.63. The molecule has 0 bridgehead atoms. The summed E-state index contributed by atoms with van der Waals surface area (Å²) in [5, 5.41) is 0.640. The van der Waals surface area contributed by atoms with Gasteiger partial charge in [-0.05, 0) is 60.2 Å². The number of carbonyl (C=O) groups excluding carboxylic acids is 2. The lowest BCUT2D eigenvalue weighted by molar-refractivity contribution is 0.0731. The molecule has 0 aliphatic carbocycles. The molecule has 0 aliphatic heterocycles. The Morgan fingerprint density at radius 3 is 2.25 bits per heavy atom. The van der Waals surface area contributed by atoms with Crippen LogP contribution in [0.15, 0.2) is 78.9 Å². The number of hydrogen-bond donors (Lipinski definition) is 0. The molecule has 0 aliphatic rings. The molecule has 0 atom stereocenters. The van der Waals surface area contributed by atoms with Crippen LogP contribution in [-0.2, 0) is 0 Å². The first-order chi connectivity index (χ1) is 13.6. The van der Waals surface area contributed by atoms with Gasteiger partial charge in [0.25, 0.3) is 0 Å². The standard InChI is InChI=1S/C23H17ClO4/c1-27-22-5-3-2-4-20(22)23(26)28-19-13-9-17(10-14-19)21(25)15-8-16-6-11-18(24)12-7-16/h2-15H,1H3. The van der Waals surface area contributed by atoms with Gasteiger partial charge in [0.1, 0.15) is 17.1 Å². The quantitative estimate of drug-likeness (QED) is 0.242. The maximum atomic E-state index is 12.3. The molecule has 0 N–H and O–H groups in total. The van der Waals surface area contributed by atoms with Gasteiger partial charge in [0, 0.05) is 10.6 Å². The Hall–Kier alpha value is -3.37. The summed E-state index contributed by atoms with van der Waals surface area (Å²) in [6, 6.07) is 20.4. The topological polar surface area (TPSA) is 52.6 Å². The van der Waals surface area contributed by atoms with Crippen molar-refractivity contribution in [1.29, 1.82) is 0 Å². The molecule has 140 valence electrons. The van der Waals surface area contributed by atoms with E-state index in [0.29, 0.717) is 27.6 Å². The first-order valence-corrected chi connectivity index (χ1v) is 8.88. The van der Waals surface area contributed by atoms with E-state index in [2.05, 4.69) is 0 Å². The molecule has 28 heavy (non-hydrogen) atoms. The number of ether oxygens (including phenoxy) is 2. The van der Waals surface area contributed by atoms with E-state index in [1.54, 1.807) is 66.7 Å². The molecule has 3 aromatic rings. The third-order valence-electron chi connectivity index (χ3n) is 3.97. The summed E-state index contributed by atoms with van der Waals surface area (Å²) in [5.41, 5.74) is 1.69. The van der Waals surface area contributed by atoms with Gasteiger partial charge in [-0.25, -0.2) is 4.79 Å². The van der Waals surface area contributed by atoms with Crippen molar-refractivity contribution in [2.24, 2.45) is 0 Å². The molecule has 3 rings (SSSR count). The van der Waals surface area contributed by atoms with E-state index in [0.717, 1.165) is 5.56 Å². The van der Waals surface area contributed by atoms with E-state index in [9.17, 15) is 9.59 Å². The zero-order valence-electron chi connectivity index (χ0n) is 15.1. The molecule has 3 aromatic carbocycles. The summed E-state index contributed by atoms with van der Waals surface area (Å²) in [5.74, 6) is 0.0949. The number of hydrogen-bond acceptors (Lipinski definition) is 4. The van der Waals surface area contributed by atoms with Crippen LogP contribution in [0.4, 0.5) is 0 Å². The number of carbonyl (C=O) groups is 2. The fourth-order valence-electron chi connectivity index (χ4n) is 2.50. The summed E-state index contributed by atoms with van der Waals surface area (Å²) >= 11 is 5.84. The molecule has 0 fully saturated rings. The van der Waals surface area contributed by atoms with Gasteiger partial charge < -0.3 is 9.47 Å². The van der Waals surface area contributed by atoms with E-state index >= 15 is 0 Å². The lowest BCUT2D eigenvalue weighted by atomic mass is 10.1. The lowest BCUT2D eigenvalue weighted by Crippen LogP contribution is -2.10. The predicted octanol–water partition coefficient (Wildman–Crippen LogP) is 5.46. The van der Waals surface area contributed by atoms with Crippen molar-refractivity contribution in [3.8, 4) is 11.5 Å². The number of benzene rings is 3. The molecule has 0 saturated carbocycles. The van der Waals surface area contributed by atoms with Crippen molar-refractivity contribution >= 4 is 29.4 Å². The van der Waals surface area contributed by atoms with Gasteiger partial charge in [-0.15, -0.1) is 0 Å². The highest BCUT2D eigenvalue weighted by Gasteiger charge is 2.14. The smallest absolute Gasteiger partial charge is 0.347 e. The Labute approximate surface area is 168 Å². The number of ketones is 1. The van der Waals surface area contributed by atoms with Crippen LogP contribution in [0.2, 0.25) is 5.02 Å². The molecule has 0 aromatic heterocycles. The molecule has 0 unspecified atom stereocenters. The van der Waals surface area contributed by atoms with Crippen LogP contribution in [-0.4, -0.2) is 18.9 Å². The zero-order valence-corrected chi connectivity index (χ0v) is 15.8. The van der Waals surface area contributed by atoms with E-state index < -0.39 is 5.97 Å². The highest BCUT2D eigenvalue weighted by Crippen LogP contribution is 2.21. The van der Waals surface area contributed by atoms with Crippen LogP contribution in [0.1, 0.15) is 26.3 Å². The van der Waals surface area contributed by atoms with Crippen LogP contribution >= 0.6 is 11.6 Å². The average molecular weight is 393 g/mol. The number of methoxy groups -OCH3 is 1. The minimum absolute atomic E-state index is 0.155. The zero-order chi connectivity index (χ0) is 19.9. The molecule has 0 amide bonds. The van der Waals surface area contributed by atoms with Crippen molar-refractivity contribution in [2.75, 3.05) is 7.11 Å². The second-order valence-corrected chi connectivity index (χ2v) is 6.30. The summed E-state index contributed by atoms with van der Waals surface area (Å²) in [6.45, 7) is 0. The van der Waals surface area contributed by atoms with Crippen LogP contribution in [0.5, 0.6) is 11.5 Å². The van der Waals surface area contributed by atoms with Crippen LogP contribution in [0.3, 0.4) is 0 Å². The van der Waals surface area contributed by atoms with Crippen molar-refractivity contribution in [3.63, 3.8) is 0 Å². The highest BCUT2D eigenvalue weighted by molar-refractivity contribution is 6.30. The molecular weight excluding hydrogens is 376 g/mol. The third-order valence-corrected chi connectivity index (χ3v) is 4.23. The first-order valence-electron chi connectivity index (χ1n) is 8.50. The molecule has 0 radical (unpaired) electrons. The summed E-state index contributed by atoms with van der Waals surface area (Å²) in [4.78, 5) is 24.6. The lowest BCUT2D eigenvalue weighted by Gasteiger charge is -2.08. The van der Waals surface area contributed by atoms with Gasteiger partial charge in [0.2, 0.25) is 0 Å². The van der Waals surface area contributed by atoms with Crippen molar-refractivity contribution in [2.45, 2.75) is 0 Å². The van der Waals surface area contributed by atoms with Crippen LogP contribution in [0.25, 0.3) is 6.08 Å². The first kappa shape index (κ1) is 19.4. The van der Waals surface area contributed by atoms with Gasteiger partial charge in [-0.2, -0.15) is 0 Å². The summed E-state index contributed by atoms with van der Waals surface area (Å²) in [7, 11) is 1.49. The minimum atomic E-state index is -0.529. The number of rotatable bonds is 6. The number of esters is 1. The Bertz CT molecular complexity index is 1010. The van der Waals surface area contributed by atoms with E-state index in [4.69, 9.17) is 21.1 Å². The van der Waals surface area contributed by atoms with Crippen molar-refractivity contribution in [1.82, 2.24) is 0 Å². The van der Waals surface area contributed by atoms with Crippen molar-refractivity contribution in [3.05, 3.63) is 101 Å². The highest BCUT2D eigenvalue weighted by atomic mass is 35.5. The van der Waals surface area contributed by atoms with Gasteiger partial charge in [0.15, 0.2) is 5.78 Å². The second kappa shape index (κ2) is 9.02. The predicted molar refractivity (Wildman–Crippen MR) is 109 cm³/mol. The van der Waals surface area contributed by atoms with Crippen LogP contribution < -0.4 is 9.47 Å². The summed E-state index contributed by atoms with van der Waals surface area (Å²) in [6.07, 6.45) is 3.20. The van der Waals surface area contributed by atoms with Gasteiger partial charge >= 0.3 is 5.97 Å². The number of para-hydroxylation sites is 1. The molecule has 0 saturated heterocycles. The molecule has 0 spiro atoms. The van der Waals surface area contributed by atoms with Crippen molar-refractivity contribution < 1.29 is 19.1 Å². The maximum Gasteiger partial charge on any atom is 0.347 e. The monoisotopic (exact) mass is 392 g/mol. The average Bonchev–Trinajstić information content (AvgIpc) is 2.73. The Kier molecular flexibility index (Phi) is 6.25. The third kappa shape index (κ3) is 4.87. The normalized spacial score (nSPS) is 10.6. The number of halogens is 1. The van der Waals surface area contributed by atoms with Gasteiger partial charge in [-0.3, -0.25) is 4.79 Å². The minimum Gasteiger partial charge on any atom is -0.496 e. The van der Waals surface area contributed by atoms with Crippen LogP contribution in [0, 0.1) is 0 Å². The fraction of sp³-hybridized carbons (Fsp3) is 0.0435. The molecule has 0 heterocycles. The van der Waals surface area contributed by atoms with Gasteiger partial charge in [-0.1, -0.05) is 41.9 Å². The van der Waals surface area contributed by atoms with E-state index in [1.165, 1.54) is 13.2 Å². The molecular formula is C23H17ClO4. The number of allylic oxidation sites excluding steroid dienone is 1. The van der Waals surface area contributed by atoms with E-state index in [1.807, 2.05) is 12.1 Å². The maximum absolute atomic E-state index is 12.3. The molecule has 5 heteroatoms. The summed E-state index contributed by atoms with van der Waals surface area (Å²) < 4.78 is 10.5. The largest absolute Gasteiger partial charge is 0.496 e. The Morgan fingerprint density at radius 1 is 0.893 bits per heavy atom. The molecule has 4 nitrogen and oxygen atoms in total.